The molecule has 4 aromatic rings. The van der Waals surface area contributed by atoms with Gasteiger partial charge in [0.1, 0.15) is 0 Å². The Labute approximate surface area is 174 Å². The average Bonchev–Trinajstić information content (AvgIpc) is 3.27. The van der Waals surface area contributed by atoms with Gasteiger partial charge < -0.3 is 9.97 Å². The summed E-state index contributed by atoms with van der Waals surface area (Å²) in [5.41, 5.74) is 8.42. The highest BCUT2D eigenvalue weighted by molar-refractivity contribution is 5.88. The van der Waals surface area contributed by atoms with E-state index in [0.29, 0.717) is 0 Å². The molecule has 2 aromatic carbocycles. The number of aryl methyl sites for hydroxylation is 2. The van der Waals surface area contributed by atoms with Crippen LogP contribution >= 0.6 is 0 Å². The molecule has 2 N–H and O–H groups in total. The Kier molecular flexibility index (Phi) is 6.39. The molecule has 0 saturated heterocycles. The van der Waals surface area contributed by atoms with Crippen LogP contribution in [0.1, 0.15) is 74.9 Å². The summed E-state index contributed by atoms with van der Waals surface area (Å²) in [5, 5.41) is 2.78. The molecular formula is C27H34N2. The largest absolute Gasteiger partial charge is 0.358 e. The quantitative estimate of drug-likeness (QED) is 0.262. The van der Waals surface area contributed by atoms with Crippen molar-refractivity contribution in [3.63, 3.8) is 0 Å². The van der Waals surface area contributed by atoms with Gasteiger partial charge in [-0.2, -0.15) is 0 Å². The van der Waals surface area contributed by atoms with Gasteiger partial charge in [-0.1, -0.05) is 75.9 Å². The highest BCUT2D eigenvalue weighted by Crippen LogP contribution is 2.31. The first kappa shape index (κ1) is 19.8. The topological polar surface area (TPSA) is 31.6 Å². The maximum atomic E-state index is 3.75. The van der Waals surface area contributed by atoms with Crippen molar-refractivity contribution < 1.29 is 0 Å². The Morgan fingerprint density at radius 2 is 1.03 bits per heavy atom. The van der Waals surface area contributed by atoms with Gasteiger partial charge in [0.05, 0.1) is 0 Å². The van der Waals surface area contributed by atoms with Crippen LogP contribution in [0.2, 0.25) is 0 Å². The van der Waals surface area contributed by atoms with Crippen LogP contribution in [-0.2, 0) is 19.3 Å². The second kappa shape index (κ2) is 9.35. The standard InChI is InChI=1S/C27H34N2/c1-3-5-7-15-26-22(20-13-9-11-17-24(20)28-26)19-23-21-14-10-12-18-25(21)29-27(23)16-8-6-4-2/h9-14,17-18,28-29H,3-8,15-16,19H2,1-2H3. The maximum absolute atomic E-state index is 3.75. The van der Waals surface area contributed by atoms with Crippen LogP contribution in [0.5, 0.6) is 0 Å². The number of rotatable bonds is 10. The van der Waals surface area contributed by atoms with Gasteiger partial charge in [0, 0.05) is 39.6 Å². The summed E-state index contributed by atoms with van der Waals surface area (Å²) in [5.74, 6) is 0. The second-order valence-corrected chi connectivity index (χ2v) is 8.35. The molecule has 0 aliphatic carbocycles. The fraction of sp³-hybridized carbons (Fsp3) is 0.407. The van der Waals surface area contributed by atoms with Gasteiger partial charge >= 0.3 is 0 Å². The summed E-state index contributed by atoms with van der Waals surface area (Å²) < 4.78 is 0. The van der Waals surface area contributed by atoms with E-state index < -0.39 is 0 Å². The molecule has 0 radical (unpaired) electrons. The van der Waals surface area contributed by atoms with Crippen LogP contribution in [-0.4, -0.2) is 9.97 Å². The summed E-state index contributed by atoms with van der Waals surface area (Å²) in [6.07, 6.45) is 10.9. The lowest BCUT2D eigenvalue weighted by atomic mass is 9.96. The fourth-order valence-corrected chi connectivity index (χ4v) is 4.62. The van der Waals surface area contributed by atoms with E-state index in [9.17, 15) is 0 Å². The zero-order chi connectivity index (χ0) is 20.1. The van der Waals surface area contributed by atoms with Crippen molar-refractivity contribution in [2.75, 3.05) is 0 Å². The normalized spacial score (nSPS) is 11.7. The SMILES string of the molecule is CCCCCc1[nH]c2ccccc2c1Cc1c(CCCCC)[nH]c2ccccc12. The first-order valence-corrected chi connectivity index (χ1v) is 11.5. The van der Waals surface area contributed by atoms with Gasteiger partial charge in [0.2, 0.25) is 0 Å². The van der Waals surface area contributed by atoms with E-state index in [1.54, 1.807) is 0 Å². The third kappa shape index (κ3) is 4.27. The predicted molar refractivity (Wildman–Crippen MR) is 126 cm³/mol. The van der Waals surface area contributed by atoms with Crippen molar-refractivity contribution in [3.8, 4) is 0 Å². The number of aromatic amines is 2. The highest BCUT2D eigenvalue weighted by atomic mass is 14.7. The minimum absolute atomic E-state index is 1.01. The van der Waals surface area contributed by atoms with E-state index >= 15 is 0 Å². The minimum Gasteiger partial charge on any atom is -0.358 e. The molecule has 0 bridgehead atoms. The Balaban J connectivity index is 1.74. The third-order valence-corrected chi connectivity index (χ3v) is 6.22. The molecule has 0 spiro atoms. The van der Waals surface area contributed by atoms with E-state index in [2.05, 4.69) is 72.3 Å². The molecule has 4 rings (SSSR count). The van der Waals surface area contributed by atoms with Crippen LogP contribution < -0.4 is 0 Å². The lowest BCUT2D eigenvalue weighted by molar-refractivity contribution is 0.703. The molecule has 2 heterocycles. The summed E-state index contributed by atoms with van der Waals surface area (Å²) in [6.45, 7) is 4.56. The molecular weight excluding hydrogens is 352 g/mol. The predicted octanol–water partition coefficient (Wildman–Crippen LogP) is 7.71. The Hall–Kier alpha value is -2.48. The zero-order valence-electron chi connectivity index (χ0n) is 18.0. The maximum Gasteiger partial charge on any atom is 0.0459 e. The Bertz CT molecular complexity index is 981. The molecule has 0 aliphatic heterocycles. The van der Waals surface area contributed by atoms with Crippen molar-refractivity contribution in [2.24, 2.45) is 0 Å². The molecule has 29 heavy (non-hydrogen) atoms. The summed E-state index contributed by atoms with van der Waals surface area (Å²) in [7, 11) is 0. The molecule has 0 atom stereocenters. The summed E-state index contributed by atoms with van der Waals surface area (Å²) >= 11 is 0. The molecule has 2 aromatic heterocycles. The molecule has 0 aliphatic rings. The van der Waals surface area contributed by atoms with Crippen LogP contribution in [0, 0.1) is 0 Å². The molecule has 0 amide bonds. The number of H-pyrrole nitrogens is 2. The van der Waals surface area contributed by atoms with Crippen LogP contribution in [0.3, 0.4) is 0 Å². The number of hydrogen-bond donors (Lipinski definition) is 2. The van der Waals surface area contributed by atoms with Crippen LogP contribution in [0.25, 0.3) is 21.8 Å². The van der Waals surface area contributed by atoms with Gasteiger partial charge in [-0.25, -0.2) is 0 Å². The van der Waals surface area contributed by atoms with Crippen LogP contribution in [0.4, 0.5) is 0 Å². The minimum atomic E-state index is 1.01. The third-order valence-electron chi connectivity index (χ3n) is 6.22. The Morgan fingerprint density at radius 1 is 0.586 bits per heavy atom. The first-order chi connectivity index (χ1) is 14.3. The van der Waals surface area contributed by atoms with Gasteiger partial charge in [0.25, 0.3) is 0 Å². The van der Waals surface area contributed by atoms with E-state index in [4.69, 9.17) is 0 Å². The first-order valence-electron chi connectivity index (χ1n) is 11.5. The summed E-state index contributed by atoms with van der Waals surface area (Å²) in [6, 6.07) is 17.6. The molecule has 152 valence electrons. The molecule has 0 saturated carbocycles. The second-order valence-electron chi connectivity index (χ2n) is 8.35. The van der Waals surface area contributed by atoms with Gasteiger partial charge in [-0.05, 0) is 48.9 Å². The molecule has 2 nitrogen and oxygen atoms in total. The van der Waals surface area contributed by atoms with Crippen molar-refractivity contribution >= 4 is 21.8 Å². The van der Waals surface area contributed by atoms with Crippen LogP contribution in [0.15, 0.2) is 48.5 Å². The van der Waals surface area contributed by atoms with E-state index in [0.717, 1.165) is 19.3 Å². The number of benzene rings is 2. The lowest BCUT2D eigenvalue weighted by Crippen LogP contribution is -1.98. The highest BCUT2D eigenvalue weighted by Gasteiger charge is 2.17. The van der Waals surface area contributed by atoms with Crippen molar-refractivity contribution in [3.05, 3.63) is 71.0 Å². The van der Waals surface area contributed by atoms with E-state index in [1.807, 2.05) is 0 Å². The van der Waals surface area contributed by atoms with E-state index in [1.165, 1.54) is 82.8 Å². The van der Waals surface area contributed by atoms with Crippen molar-refractivity contribution in [2.45, 2.75) is 71.6 Å². The monoisotopic (exact) mass is 386 g/mol. The molecule has 0 fully saturated rings. The smallest absolute Gasteiger partial charge is 0.0459 e. The number of fused-ring (bicyclic) bond motifs is 2. The average molecular weight is 387 g/mol. The number of para-hydroxylation sites is 2. The fourth-order valence-electron chi connectivity index (χ4n) is 4.62. The van der Waals surface area contributed by atoms with E-state index in [-0.39, 0.29) is 0 Å². The lowest BCUT2D eigenvalue weighted by Gasteiger charge is -2.08. The summed E-state index contributed by atoms with van der Waals surface area (Å²) in [4.78, 5) is 7.49. The van der Waals surface area contributed by atoms with Gasteiger partial charge in [-0.3, -0.25) is 0 Å². The zero-order valence-corrected chi connectivity index (χ0v) is 18.0. The molecule has 0 unspecified atom stereocenters. The Morgan fingerprint density at radius 3 is 1.48 bits per heavy atom. The number of aromatic nitrogens is 2. The molecule has 2 heteroatoms. The number of unbranched alkanes of at least 4 members (excludes halogenated alkanes) is 4. The van der Waals surface area contributed by atoms with Crippen molar-refractivity contribution in [1.82, 2.24) is 9.97 Å². The number of hydrogen-bond acceptors (Lipinski definition) is 0. The van der Waals surface area contributed by atoms with Gasteiger partial charge in [-0.15, -0.1) is 0 Å². The van der Waals surface area contributed by atoms with Crippen molar-refractivity contribution in [1.29, 1.82) is 0 Å². The number of nitrogens with one attached hydrogen (secondary N) is 2. The van der Waals surface area contributed by atoms with Gasteiger partial charge in [0.15, 0.2) is 0 Å².